The van der Waals surface area contributed by atoms with Gasteiger partial charge in [-0.2, -0.15) is 5.10 Å². The van der Waals surface area contributed by atoms with Crippen molar-refractivity contribution < 1.29 is 29.6 Å². The number of carboxylic acids is 1. The van der Waals surface area contributed by atoms with Gasteiger partial charge in [-0.3, -0.25) is 0 Å². The van der Waals surface area contributed by atoms with E-state index >= 15 is 0 Å². The van der Waals surface area contributed by atoms with E-state index in [1.807, 2.05) is 0 Å². The number of aromatic hydroxyl groups is 1. The van der Waals surface area contributed by atoms with E-state index in [1.165, 1.54) is 6.92 Å². The second-order valence-electron chi connectivity index (χ2n) is 3.73. The summed E-state index contributed by atoms with van der Waals surface area (Å²) >= 11 is 0.783. The van der Waals surface area contributed by atoms with Crippen molar-refractivity contribution in [3.8, 4) is 11.6 Å². The van der Waals surface area contributed by atoms with Crippen LogP contribution in [0.3, 0.4) is 0 Å². The summed E-state index contributed by atoms with van der Waals surface area (Å²) in [6.45, 7) is 1.47. The van der Waals surface area contributed by atoms with Crippen molar-refractivity contribution in [1.82, 2.24) is 9.78 Å². The van der Waals surface area contributed by atoms with E-state index in [0.717, 1.165) is 16.7 Å². The molecule has 3 N–H and O–H groups in total. The largest absolute Gasteiger partial charge is 0.493 e. The van der Waals surface area contributed by atoms with Crippen molar-refractivity contribution in [2.24, 2.45) is 0 Å². The summed E-state index contributed by atoms with van der Waals surface area (Å²) in [6, 6.07) is 6.44. The molecule has 0 amide bonds. The summed E-state index contributed by atoms with van der Waals surface area (Å²) in [5.41, 5.74) is 0.457. The lowest BCUT2D eigenvalue weighted by Crippen LogP contribution is -2.01. The van der Waals surface area contributed by atoms with Gasteiger partial charge in [0, 0.05) is 10.5 Å². The van der Waals surface area contributed by atoms with E-state index in [-0.39, 0.29) is 17.1 Å². The van der Waals surface area contributed by atoms with E-state index in [0.29, 0.717) is 10.6 Å². The Hall–Kier alpha value is -2.07. The molecule has 1 aromatic carbocycles. The van der Waals surface area contributed by atoms with Crippen molar-refractivity contribution in [2.45, 2.75) is 11.8 Å². The first-order chi connectivity index (χ1) is 9.54. The monoisotopic (exact) mass is 298 g/mol. The van der Waals surface area contributed by atoms with Gasteiger partial charge in [-0.25, -0.2) is 14.7 Å². The van der Waals surface area contributed by atoms with Gasteiger partial charge < -0.3 is 10.2 Å². The number of benzene rings is 1. The minimum atomic E-state index is -1.21. The highest BCUT2D eigenvalue weighted by molar-refractivity contribution is 7.94. The average molecular weight is 298 g/mol. The fourth-order valence-corrected chi connectivity index (χ4v) is 1.92. The van der Waals surface area contributed by atoms with E-state index in [1.54, 1.807) is 24.3 Å². The van der Waals surface area contributed by atoms with Gasteiger partial charge in [-0.1, -0.05) is 5.04 Å². The van der Waals surface area contributed by atoms with Crippen LogP contribution in [0, 0.1) is 6.92 Å². The van der Waals surface area contributed by atoms with E-state index in [2.05, 4.69) is 14.5 Å². The summed E-state index contributed by atoms with van der Waals surface area (Å²) in [4.78, 5) is 11.6. The maximum Gasteiger partial charge on any atom is 0.356 e. The van der Waals surface area contributed by atoms with Crippen molar-refractivity contribution >= 4 is 18.0 Å². The van der Waals surface area contributed by atoms with Gasteiger partial charge in [0.2, 0.25) is 5.88 Å². The fourth-order valence-electron chi connectivity index (χ4n) is 1.57. The summed E-state index contributed by atoms with van der Waals surface area (Å²) < 4.78 is 5.39. The topological polar surface area (TPSA) is 114 Å². The molecule has 0 spiro atoms. The average Bonchev–Trinajstić information content (AvgIpc) is 2.74. The molecule has 8 nitrogen and oxygen atoms in total. The molecular weight excluding hydrogens is 288 g/mol. The molecule has 2 rings (SSSR count). The Morgan fingerprint density at radius 3 is 2.50 bits per heavy atom. The van der Waals surface area contributed by atoms with Crippen LogP contribution in [0.15, 0.2) is 29.2 Å². The molecule has 2 aromatic rings. The third kappa shape index (κ3) is 2.75. The maximum atomic E-state index is 10.9. The molecular formula is C11H10N2O6S. The fraction of sp³-hybridized carbons (Fsp3) is 0.0909. The summed E-state index contributed by atoms with van der Waals surface area (Å²) in [7, 11) is 0. The second kappa shape index (κ2) is 5.92. The molecule has 0 bridgehead atoms. The molecule has 0 saturated carbocycles. The Labute approximate surface area is 117 Å². The van der Waals surface area contributed by atoms with Crippen molar-refractivity contribution in [3.63, 3.8) is 0 Å². The summed E-state index contributed by atoms with van der Waals surface area (Å²) in [6.07, 6.45) is 0. The van der Waals surface area contributed by atoms with Gasteiger partial charge in [-0.05, 0) is 31.2 Å². The maximum absolute atomic E-state index is 10.9. The predicted octanol–water partition coefficient (Wildman–Crippen LogP) is 2.01. The Balaban J connectivity index is 2.32. The van der Waals surface area contributed by atoms with Crippen LogP contribution in [0.25, 0.3) is 5.69 Å². The molecule has 9 heteroatoms. The molecule has 1 heterocycles. The number of aromatic nitrogens is 2. The molecule has 0 aliphatic heterocycles. The van der Waals surface area contributed by atoms with Crippen LogP contribution >= 0.6 is 12.0 Å². The van der Waals surface area contributed by atoms with Crippen molar-refractivity contribution in [1.29, 1.82) is 0 Å². The van der Waals surface area contributed by atoms with Gasteiger partial charge in [0.25, 0.3) is 0 Å². The molecule has 0 radical (unpaired) electrons. The van der Waals surface area contributed by atoms with E-state index in [9.17, 15) is 9.90 Å². The highest BCUT2D eigenvalue weighted by Crippen LogP contribution is 2.26. The van der Waals surface area contributed by atoms with Crippen LogP contribution in [0.2, 0.25) is 0 Å². The first kappa shape index (κ1) is 14.3. The third-order valence-corrected chi connectivity index (χ3v) is 3.13. The Kier molecular flexibility index (Phi) is 4.25. The molecule has 0 unspecified atom stereocenters. The predicted molar refractivity (Wildman–Crippen MR) is 67.6 cm³/mol. The van der Waals surface area contributed by atoms with Gasteiger partial charge in [0.05, 0.1) is 17.7 Å². The lowest BCUT2D eigenvalue weighted by Gasteiger charge is -2.04. The zero-order chi connectivity index (χ0) is 14.7. The normalized spacial score (nSPS) is 10.7. The molecule has 0 aliphatic carbocycles. The highest BCUT2D eigenvalue weighted by Gasteiger charge is 2.19. The van der Waals surface area contributed by atoms with Crippen LogP contribution in [0.1, 0.15) is 16.1 Å². The Bertz CT molecular complexity index is 625. The first-order valence-electron chi connectivity index (χ1n) is 5.31. The Morgan fingerprint density at radius 1 is 1.35 bits per heavy atom. The number of nitrogens with zero attached hydrogens (tertiary/aromatic N) is 2. The van der Waals surface area contributed by atoms with Gasteiger partial charge >= 0.3 is 5.97 Å². The summed E-state index contributed by atoms with van der Waals surface area (Å²) in [5, 5.41) is 34.2. The number of carboxylic acid groups (broad SMARTS) is 1. The molecule has 1 aromatic heterocycles. The number of hydrogen-bond acceptors (Lipinski definition) is 7. The molecule has 106 valence electrons. The molecule has 20 heavy (non-hydrogen) atoms. The molecule has 0 fully saturated rings. The second-order valence-corrected chi connectivity index (χ2v) is 4.51. The number of hydrogen-bond donors (Lipinski definition) is 3. The standard InChI is InChI=1S/C11H10N2O6S/c1-6-9(11(15)16)12-13(10(6)14)7-2-4-8(5-3-7)20-19-18-17/h2-5,14,17H,1H3,(H,15,16). The minimum Gasteiger partial charge on any atom is -0.493 e. The number of rotatable bonds is 5. The smallest absolute Gasteiger partial charge is 0.356 e. The van der Waals surface area contributed by atoms with Crippen LogP contribution in [-0.4, -0.2) is 31.2 Å². The molecule has 0 aliphatic rings. The number of aromatic carboxylic acids is 1. The lowest BCUT2D eigenvalue weighted by molar-refractivity contribution is -0.432. The first-order valence-corrected chi connectivity index (χ1v) is 6.06. The van der Waals surface area contributed by atoms with Crippen LogP contribution in [-0.2, 0) is 9.37 Å². The SMILES string of the molecule is Cc1c(C(=O)O)nn(-c2ccc(SOOO)cc2)c1O. The van der Waals surface area contributed by atoms with E-state index < -0.39 is 5.97 Å². The number of carbonyl (C=O) groups is 1. The van der Waals surface area contributed by atoms with Crippen LogP contribution in [0.5, 0.6) is 5.88 Å². The van der Waals surface area contributed by atoms with Gasteiger partial charge in [0.15, 0.2) is 5.69 Å². The van der Waals surface area contributed by atoms with Crippen molar-refractivity contribution in [2.75, 3.05) is 0 Å². The third-order valence-electron chi connectivity index (χ3n) is 2.54. The zero-order valence-corrected chi connectivity index (χ0v) is 11.0. The quantitative estimate of drug-likeness (QED) is 0.436. The van der Waals surface area contributed by atoms with Crippen molar-refractivity contribution in [3.05, 3.63) is 35.5 Å². The van der Waals surface area contributed by atoms with Crippen LogP contribution < -0.4 is 0 Å². The van der Waals surface area contributed by atoms with Gasteiger partial charge in [0.1, 0.15) is 0 Å². The van der Waals surface area contributed by atoms with Crippen LogP contribution in [0.4, 0.5) is 0 Å². The minimum absolute atomic E-state index is 0.188. The molecule has 0 atom stereocenters. The van der Waals surface area contributed by atoms with Gasteiger partial charge in [-0.15, -0.1) is 4.33 Å². The molecule has 0 saturated heterocycles. The highest BCUT2D eigenvalue weighted by atomic mass is 32.2. The zero-order valence-electron chi connectivity index (χ0n) is 10.2. The Morgan fingerprint density at radius 2 is 2.00 bits per heavy atom. The van der Waals surface area contributed by atoms with E-state index in [4.69, 9.17) is 10.4 Å². The summed E-state index contributed by atoms with van der Waals surface area (Å²) in [5.74, 6) is -1.45. The lowest BCUT2D eigenvalue weighted by atomic mass is 10.2.